The van der Waals surface area contributed by atoms with Gasteiger partial charge in [-0.15, -0.1) is 0 Å². The molecule has 7 heteroatoms. The molecule has 2 aromatic rings. The summed E-state index contributed by atoms with van der Waals surface area (Å²) < 4.78 is 4.79. The third-order valence-electron chi connectivity index (χ3n) is 2.90. The molecule has 0 aliphatic carbocycles. The topological polar surface area (TPSA) is 95.3 Å². The van der Waals surface area contributed by atoms with Crippen LogP contribution >= 0.6 is 0 Å². The van der Waals surface area contributed by atoms with Gasteiger partial charge in [0.05, 0.1) is 12.2 Å². The van der Waals surface area contributed by atoms with Crippen molar-refractivity contribution in [3.05, 3.63) is 35.5 Å². The van der Waals surface area contributed by atoms with Gasteiger partial charge in [0.1, 0.15) is 17.7 Å². The molecule has 0 radical (unpaired) electrons. The molecule has 0 aromatic carbocycles. The van der Waals surface area contributed by atoms with E-state index in [0.717, 1.165) is 5.69 Å². The Kier molecular flexibility index (Phi) is 3.42. The molecule has 18 heavy (non-hydrogen) atoms. The SMILES string of the molecule is C[C@H](c1ccon1)N(C)Cc1cn[nH]c1C(=O)O. The molecule has 2 heterocycles. The van der Waals surface area contributed by atoms with Crippen LogP contribution in [0.15, 0.2) is 23.0 Å². The lowest BCUT2D eigenvalue weighted by Crippen LogP contribution is -2.23. The van der Waals surface area contributed by atoms with Crippen LogP contribution in [0, 0.1) is 0 Å². The standard InChI is InChI=1S/C11H14N4O3/c1-7(9-3-4-18-14-9)15(2)6-8-5-12-13-10(8)11(16)17/h3-5,7H,6H2,1-2H3,(H,12,13)(H,16,17)/t7-/m1/s1. The smallest absolute Gasteiger partial charge is 0.354 e. The molecule has 0 aliphatic heterocycles. The molecule has 2 rings (SSSR count). The van der Waals surface area contributed by atoms with Gasteiger partial charge < -0.3 is 9.63 Å². The molecular weight excluding hydrogens is 236 g/mol. The van der Waals surface area contributed by atoms with Crippen molar-refractivity contribution in [2.75, 3.05) is 7.05 Å². The maximum atomic E-state index is 10.9. The Hall–Kier alpha value is -2.15. The zero-order chi connectivity index (χ0) is 13.1. The number of nitrogens with one attached hydrogen (secondary N) is 1. The number of carbonyl (C=O) groups is 1. The highest BCUT2D eigenvalue weighted by molar-refractivity contribution is 5.86. The van der Waals surface area contributed by atoms with Crippen molar-refractivity contribution >= 4 is 5.97 Å². The van der Waals surface area contributed by atoms with E-state index in [1.807, 2.05) is 18.9 Å². The minimum atomic E-state index is -1.01. The number of aromatic amines is 1. The Morgan fingerprint density at radius 2 is 2.44 bits per heavy atom. The van der Waals surface area contributed by atoms with Gasteiger partial charge in [-0.25, -0.2) is 4.79 Å². The maximum absolute atomic E-state index is 10.9. The Labute approximate surface area is 103 Å². The zero-order valence-corrected chi connectivity index (χ0v) is 10.1. The van der Waals surface area contributed by atoms with Crippen molar-refractivity contribution in [1.82, 2.24) is 20.3 Å². The fraction of sp³-hybridized carbons (Fsp3) is 0.364. The number of carboxylic acids is 1. The minimum Gasteiger partial charge on any atom is -0.477 e. The molecule has 0 spiro atoms. The number of nitrogens with zero attached hydrogens (tertiary/aromatic N) is 3. The first kappa shape index (κ1) is 12.3. The molecular formula is C11H14N4O3. The maximum Gasteiger partial charge on any atom is 0.354 e. The fourth-order valence-electron chi connectivity index (χ4n) is 1.68. The summed E-state index contributed by atoms with van der Waals surface area (Å²) in [6.45, 7) is 2.44. The van der Waals surface area contributed by atoms with Gasteiger partial charge in [-0.2, -0.15) is 5.10 Å². The van der Waals surface area contributed by atoms with Crippen LogP contribution in [0.1, 0.15) is 34.7 Å². The van der Waals surface area contributed by atoms with E-state index in [-0.39, 0.29) is 11.7 Å². The Balaban J connectivity index is 2.09. The van der Waals surface area contributed by atoms with Crippen molar-refractivity contribution in [1.29, 1.82) is 0 Å². The summed E-state index contributed by atoms with van der Waals surface area (Å²) in [5.41, 5.74) is 1.56. The molecule has 7 nitrogen and oxygen atoms in total. The van der Waals surface area contributed by atoms with Crippen molar-refractivity contribution in [2.45, 2.75) is 19.5 Å². The molecule has 0 aliphatic rings. The van der Waals surface area contributed by atoms with Gasteiger partial charge in [-0.3, -0.25) is 10.00 Å². The molecule has 0 fully saturated rings. The Morgan fingerprint density at radius 1 is 1.67 bits per heavy atom. The fourth-order valence-corrected chi connectivity index (χ4v) is 1.68. The monoisotopic (exact) mass is 250 g/mol. The summed E-state index contributed by atoms with van der Waals surface area (Å²) in [4.78, 5) is 12.9. The first-order valence-corrected chi connectivity index (χ1v) is 5.45. The van der Waals surface area contributed by atoms with Gasteiger partial charge in [-0.1, -0.05) is 5.16 Å². The van der Waals surface area contributed by atoms with Crippen molar-refractivity contribution in [2.24, 2.45) is 0 Å². The quantitative estimate of drug-likeness (QED) is 0.830. The summed E-state index contributed by atoms with van der Waals surface area (Å²) in [5.74, 6) is -1.01. The predicted octanol–water partition coefficient (Wildman–Crippen LogP) is 1.29. The van der Waals surface area contributed by atoms with Crippen LogP contribution in [0.2, 0.25) is 0 Å². The lowest BCUT2D eigenvalue weighted by atomic mass is 10.1. The van der Waals surface area contributed by atoms with Gasteiger partial charge in [0.2, 0.25) is 0 Å². The van der Waals surface area contributed by atoms with Crippen molar-refractivity contribution in [3.8, 4) is 0 Å². The lowest BCUT2D eigenvalue weighted by Gasteiger charge is -2.22. The number of H-pyrrole nitrogens is 1. The summed E-state index contributed by atoms with van der Waals surface area (Å²) >= 11 is 0. The molecule has 0 amide bonds. The summed E-state index contributed by atoms with van der Waals surface area (Å²) in [6, 6.07) is 1.81. The van der Waals surface area contributed by atoms with E-state index in [2.05, 4.69) is 15.4 Å². The van der Waals surface area contributed by atoms with Crippen LogP contribution in [0.3, 0.4) is 0 Å². The van der Waals surface area contributed by atoms with Crippen molar-refractivity contribution in [3.63, 3.8) is 0 Å². The van der Waals surface area contributed by atoms with E-state index in [0.29, 0.717) is 12.1 Å². The molecule has 0 unspecified atom stereocenters. The first-order chi connectivity index (χ1) is 8.59. The van der Waals surface area contributed by atoms with Crippen LogP contribution in [0.25, 0.3) is 0 Å². The highest BCUT2D eigenvalue weighted by Gasteiger charge is 2.18. The van der Waals surface area contributed by atoms with Crippen LogP contribution in [-0.4, -0.2) is 38.4 Å². The lowest BCUT2D eigenvalue weighted by molar-refractivity contribution is 0.0688. The van der Waals surface area contributed by atoms with E-state index in [4.69, 9.17) is 9.63 Å². The normalized spacial score (nSPS) is 12.8. The second kappa shape index (κ2) is 5.01. The number of rotatable bonds is 5. The van der Waals surface area contributed by atoms with E-state index in [1.54, 1.807) is 6.07 Å². The third kappa shape index (κ3) is 2.40. The average molecular weight is 250 g/mol. The van der Waals surface area contributed by atoms with E-state index >= 15 is 0 Å². The second-order valence-electron chi connectivity index (χ2n) is 4.09. The largest absolute Gasteiger partial charge is 0.477 e. The summed E-state index contributed by atoms with van der Waals surface area (Å²) in [5, 5.41) is 19.1. The first-order valence-electron chi connectivity index (χ1n) is 5.45. The molecule has 0 saturated carbocycles. The highest BCUT2D eigenvalue weighted by atomic mass is 16.5. The third-order valence-corrected chi connectivity index (χ3v) is 2.90. The van der Waals surface area contributed by atoms with Crippen LogP contribution in [-0.2, 0) is 6.54 Å². The summed E-state index contributed by atoms with van der Waals surface area (Å²) in [6.07, 6.45) is 3.04. The van der Waals surface area contributed by atoms with Gasteiger partial charge >= 0.3 is 5.97 Å². The van der Waals surface area contributed by atoms with E-state index in [9.17, 15) is 4.79 Å². The van der Waals surface area contributed by atoms with Crippen molar-refractivity contribution < 1.29 is 14.4 Å². The number of aromatic carboxylic acids is 1. The number of hydrogen-bond acceptors (Lipinski definition) is 5. The zero-order valence-electron chi connectivity index (χ0n) is 10.1. The molecule has 0 bridgehead atoms. The molecule has 1 atom stereocenters. The van der Waals surface area contributed by atoms with Gasteiger partial charge in [0.25, 0.3) is 0 Å². The molecule has 96 valence electrons. The van der Waals surface area contributed by atoms with Gasteiger partial charge in [-0.05, 0) is 14.0 Å². The van der Waals surface area contributed by atoms with Gasteiger partial charge in [0, 0.05) is 18.2 Å². The molecule has 2 N–H and O–H groups in total. The Bertz CT molecular complexity index is 520. The Morgan fingerprint density at radius 3 is 3.06 bits per heavy atom. The highest BCUT2D eigenvalue weighted by Crippen LogP contribution is 2.19. The van der Waals surface area contributed by atoms with Gasteiger partial charge in [0.15, 0.2) is 0 Å². The number of carboxylic acid groups (broad SMARTS) is 1. The minimum absolute atomic E-state index is 0.0281. The molecule has 0 saturated heterocycles. The van der Waals surface area contributed by atoms with E-state index in [1.165, 1.54) is 12.5 Å². The van der Waals surface area contributed by atoms with Crippen LogP contribution in [0.4, 0.5) is 0 Å². The number of hydrogen-bond donors (Lipinski definition) is 2. The average Bonchev–Trinajstić information content (AvgIpc) is 2.98. The predicted molar refractivity (Wildman–Crippen MR) is 61.9 cm³/mol. The van der Waals surface area contributed by atoms with E-state index < -0.39 is 5.97 Å². The van der Waals surface area contributed by atoms with Crippen LogP contribution < -0.4 is 0 Å². The molecule has 2 aromatic heterocycles. The van der Waals surface area contributed by atoms with Crippen LogP contribution in [0.5, 0.6) is 0 Å². The summed E-state index contributed by atoms with van der Waals surface area (Å²) in [7, 11) is 1.89. The number of aromatic nitrogens is 3. The second-order valence-corrected chi connectivity index (χ2v) is 4.09.